The maximum atomic E-state index is 13.1. The van der Waals surface area contributed by atoms with Crippen molar-refractivity contribution >= 4 is 51.9 Å². The zero-order chi connectivity index (χ0) is 24.5. The maximum Gasteiger partial charge on any atom is 0.416 e. The predicted molar refractivity (Wildman–Crippen MR) is 135 cm³/mol. The molecule has 36 heavy (non-hydrogen) atoms. The van der Waals surface area contributed by atoms with Crippen molar-refractivity contribution < 1.29 is 36.5 Å². The van der Waals surface area contributed by atoms with Crippen LogP contribution < -0.4 is 9.62 Å². The molecule has 1 aromatic carbocycles. The van der Waals surface area contributed by atoms with Crippen LogP contribution in [0.3, 0.4) is 0 Å². The Morgan fingerprint density at radius 1 is 1.08 bits per heavy atom. The van der Waals surface area contributed by atoms with Crippen LogP contribution in [-0.4, -0.2) is 87.2 Å². The normalized spacial score (nSPS) is 25.3. The second-order valence-electron chi connectivity index (χ2n) is 8.23. The van der Waals surface area contributed by atoms with Crippen LogP contribution in [0.1, 0.15) is 5.56 Å². The average molecular weight is 595 g/mol. The van der Waals surface area contributed by atoms with Crippen molar-refractivity contribution in [2.75, 3.05) is 44.2 Å². The van der Waals surface area contributed by atoms with Crippen LogP contribution in [-0.2, 0) is 20.9 Å². The third-order valence-electron chi connectivity index (χ3n) is 6.15. The Morgan fingerprint density at radius 3 is 2.36 bits per heavy atom. The molecule has 0 saturated carbocycles. The molecule has 3 heterocycles. The minimum Gasteiger partial charge on any atom is -0.394 e. The maximum absolute atomic E-state index is 13.1. The van der Waals surface area contributed by atoms with Crippen LogP contribution in [0.2, 0.25) is 0 Å². The van der Waals surface area contributed by atoms with E-state index in [2.05, 4.69) is 4.72 Å². The smallest absolute Gasteiger partial charge is 0.394 e. The molecule has 204 valence electrons. The van der Waals surface area contributed by atoms with E-state index in [1.165, 1.54) is 12.1 Å². The number of aliphatic hydroxyl groups is 2. The molecule has 2 aliphatic heterocycles. The van der Waals surface area contributed by atoms with Crippen LogP contribution in [0, 0.1) is 0 Å². The number of benzene rings is 1. The molecular weight excluding hydrogens is 566 g/mol. The summed E-state index contributed by atoms with van der Waals surface area (Å²) in [6.45, 7) is 1.17. The molecular formula is C21H28Cl2F3N3O5S2. The van der Waals surface area contributed by atoms with Crippen molar-refractivity contribution in [3.05, 3.63) is 47.3 Å². The van der Waals surface area contributed by atoms with E-state index in [1.807, 2.05) is 9.80 Å². The monoisotopic (exact) mass is 593 g/mol. The molecule has 2 saturated heterocycles. The first kappa shape index (κ1) is 31.1. The number of anilines is 1. The van der Waals surface area contributed by atoms with E-state index in [-0.39, 0.29) is 35.6 Å². The fraction of sp³-hybridized carbons (Fsp3) is 0.524. The van der Waals surface area contributed by atoms with E-state index in [4.69, 9.17) is 4.74 Å². The van der Waals surface area contributed by atoms with Crippen molar-refractivity contribution in [1.29, 1.82) is 0 Å². The molecule has 3 N–H and O–H groups in total. The highest BCUT2D eigenvalue weighted by Crippen LogP contribution is 2.33. The van der Waals surface area contributed by atoms with E-state index in [0.29, 0.717) is 31.9 Å². The van der Waals surface area contributed by atoms with E-state index < -0.39 is 52.7 Å². The number of rotatable bonds is 7. The molecule has 15 heteroatoms. The number of alkyl halides is 3. The van der Waals surface area contributed by atoms with Gasteiger partial charge in [0, 0.05) is 38.4 Å². The number of nitrogens with one attached hydrogen (secondary N) is 1. The molecule has 0 amide bonds. The minimum absolute atomic E-state index is 0. The first-order valence-electron chi connectivity index (χ1n) is 10.7. The summed E-state index contributed by atoms with van der Waals surface area (Å²) < 4.78 is 72.6. The van der Waals surface area contributed by atoms with Crippen LogP contribution in [0.15, 0.2) is 46.0 Å². The van der Waals surface area contributed by atoms with Gasteiger partial charge in [0.25, 0.3) is 0 Å². The fourth-order valence-corrected chi connectivity index (χ4v) is 6.52. The summed E-state index contributed by atoms with van der Waals surface area (Å²) in [5.74, 6) is 0. The Hall–Kier alpha value is -1.16. The highest BCUT2D eigenvalue weighted by molar-refractivity contribution is 7.91. The molecule has 2 fully saturated rings. The van der Waals surface area contributed by atoms with Gasteiger partial charge < -0.3 is 19.8 Å². The Morgan fingerprint density at radius 2 is 1.78 bits per heavy atom. The molecule has 4 rings (SSSR count). The molecule has 0 spiro atoms. The Bertz CT molecular complexity index is 1070. The van der Waals surface area contributed by atoms with E-state index in [0.717, 1.165) is 23.5 Å². The number of halogens is 5. The number of ether oxygens (including phenoxy) is 1. The van der Waals surface area contributed by atoms with Crippen molar-refractivity contribution in [1.82, 2.24) is 9.62 Å². The SMILES string of the molecule is Cl.Cl.O=S(=O)(NC[C@H]1O[C@@H](CO)[C@@H](O)[C@H]1N1CCN(c2cccc(C(F)(F)F)c2)CC1)c1cccs1. The highest BCUT2D eigenvalue weighted by atomic mass is 35.5. The third kappa shape index (κ3) is 6.83. The van der Waals surface area contributed by atoms with Gasteiger partial charge in [-0.2, -0.15) is 13.2 Å². The van der Waals surface area contributed by atoms with Gasteiger partial charge in [-0.05, 0) is 29.6 Å². The average Bonchev–Trinajstić information content (AvgIpc) is 3.46. The third-order valence-corrected chi connectivity index (χ3v) is 8.97. The van der Waals surface area contributed by atoms with Crippen LogP contribution in [0.5, 0.6) is 0 Å². The molecule has 8 nitrogen and oxygen atoms in total. The Balaban J connectivity index is 0.00000228. The van der Waals surface area contributed by atoms with E-state index in [1.54, 1.807) is 17.5 Å². The molecule has 0 radical (unpaired) electrons. The zero-order valence-corrected chi connectivity index (χ0v) is 22.1. The topological polar surface area (TPSA) is 102 Å². The van der Waals surface area contributed by atoms with Crippen molar-refractivity contribution in [2.45, 2.75) is 34.7 Å². The molecule has 2 aliphatic rings. The molecule has 1 aromatic heterocycles. The van der Waals surface area contributed by atoms with Gasteiger partial charge in [-0.3, -0.25) is 4.90 Å². The van der Waals surface area contributed by atoms with Gasteiger partial charge >= 0.3 is 6.18 Å². The molecule has 0 unspecified atom stereocenters. The van der Waals surface area contributed by atoms with Crippen LogP contribution in [0.25, 0.3) is 0 Å². The van der Waals surface area contributed by atoms with Gasteiger partial charge in [-0.25, -0.2) is 13.1 Å². The zero-order valence-electron chi connectivity index (χ0n) is 18.9. The lowest BCUT2D eigenvalue weighted by atomic mass is 10.0. The van der Waals surface area contributed by atoms with Crippen molar-refractivity contribution in [3.63, 3.8) is 0 Å². The van der Waals surface area contributed by atoms with Crippen molar-refractivity contribution in [3.8, 4) is 0 Å². The van der Waals surface area contributed by atoms with Gasteiger partial charge in [-0.15, -0.1) is 36.2 Å². The number of aliphatic hydroxyl groups excluding tert-OH is 2. The quantitative estimate of drug-likeness (QED) is 0.452. The summed E-state index contributed by atoms with van der Waals surface area (Å²) in [7, 11) is -3.74. The largest absolute Gasteiger partial charge is 0.416 e. The van der Waals surface area contributed by atoms with Crippen LogP contribution in [0.4, 0.5) is 18.9 Å². The summed E-state index contributed by atoms with van der Waals surface area (Å²) in [5.41, 5.74) is -0.248. The first-order chi connectivity index (χ1) is 16.1. The van der Waals surface area contributed by atoms with Gasteiger partial charge in [0.05, 0.1) is 24.3 Å². The minimum atomic E-state index is -4.42. The standard InChI is InChI=1S/C21H26F3N3O5S2.2ClH/c22-21(23,24)14-3-1-4-15(11-14)26-6-8-27(9-7-26)19-16(32-17(13-28)20(19)29)12-25-34(30,31)18-5-2-10-33-18;;/h1-5,10-11,16-17,19-20,25,28-29H,6-9,12-13H2;2*1H/t16-,17+,19+,20-;;/m1../s1. The van der Waals surface area contributed by atoms with Gasteiger partial charge in [0.15, 0.2) is 0 Å². The number of thiophene rings is 1. The van der Waals surface area contributed by atoms with Gasteiger partial charge in [-0.1, -0.05) is 12.1 Å². The molecule has 4 atom stereocenters. The van der Waals surface area contributed by atoms with Gasteiger partial charge in [0.2, 0.25) is 10.0 Å². The predicted octanol–water partition coefficient (Wildman–Crippen LogP) is 2.20. The second-order valence-corrected chi connectivity index (χ2v) is 11.2. The summed E-state index contributed by atoms with van der Waals surface area (Å²) in [6, 6.07) is 7.69. The highest BCUT2D eigenvalue weighted by Gasteiger charge is 2.47. The summed E-state index contributed by atoms with van der Waals surface area (Å²) in [6.07, 6.45) is -7.03. The van der Waals surface area contributed by atoms with E-state index >= 15 is 0 Å². The number of nitrogens with zero attached hydrogens (tertiary/aromatic N) is 2. The lowest BCUT2D eigenvalue weighted by molar-refractivity contribution is -0.137. The number of piperazine rings is 1. The Labute approximate surface area is 223 Å². The number of hydrogen-bond acceptors (Lipinski definition) is 8. The number of sulfonamides is 1. The summed E-state index contributed by atoms with van der Waals surface area (Å²) in [4.78, 5) is 3.78. The van der Waals surface area contributed by atoms with Gasteiger partial charge in [0.1, 0.15) is 16.4 Å². The second kappa shape index (κ2) is 12.6. The Kier molecular flexibility index (Phi) is 10.9. The van der Waals surface area contributed by atoms with Crippen LogP contribution >= 0.6 is 36.2 Å². The number of hydrogen-bond donors (Lipinski definition) is 3. The molecule has 0 aliphatic carbocycles. The molecule has 2 aromatic rings. The summed E-state index contributed by atoms with van der Waals surface area (Å²) in [5, 5.41) is 22.0. The lowest BCUT2D eigenvalue weighted by Gasteiger charge is -2.41. The fourth-order valence-electron chi connectivity index (χ4n) is 4.43. The first-order valence-corrected chi connectivity index (χ1v) is 13.1. The van der Waals surface area contributed by atoms with Crippen molar-refractivity contribution in [2.24, 2.45) is 0 Å². The van der Waals surface area contributed by atoms with E-state index in [9.17, 15) is 31.8 Å². The lowest BCUT2D eigenvalue weighted by Crippen LogP contribution is -2.57. The molecule has 0 bridgehead atoms. The summed E-state index contributed by atoms with van der Waals surface area (Å²) >= 11 is 1.08.